The maximum Gasteiger partial charge on any atom is 0.131 e. The number of hydrogen-bond donors (Lipinski definition) is 1. The van der Waals surface area contributed by atoms with Crippen molar-refractivity contribution in [1.29, 1.82) is 0 Å². The molecule has 15 heavy (non-hydrogen) atoms. The van der Waals surface area contributed by atoms with Crippen LogP contribution in [-0.2, 0) is 7.05 Å². The highest BCUT2D eigenvalue weighted by Gasteiger charge is 2.10. The van der Waals surface area contributed by atoms with Gasteiger partial charge in [-0.1, -0.05) is 0 Å². The van der Waals surface area contributed by atoms with Crippen LogP contribution in [0.5, 0.6) is 0 Å². The lowest BCUT2D eigenvalue weighted by Gasteiger charge is -2.02. The summed E-state index contributed by atoms with van der Waals surface area (Å²) in [6.45, 7) is 1.85. The van der Waals surface area contributed by atoms with Crippen molar-refractivity contribution in [2.24, 2.45) is 7.05 Å². The number of benzene rings is 1. The molecule has 0 atom stereocenters. The first-order valence-electron chi connectivity index (χ1n) is 4.63. The van der Waals surface area contributed by atoms with Gasteiger partial charge in [0.1, 0.15) is 5.82 Å². The fourth-order valence-corrected chi connectivity index (χ4v) is 1.61. The Morgan fingerprint density at radius 3 is 2.67 bits per heavy atom. The van der Waals surface area contributed by atoms with E-state index in [4.69, 9.17) is 5.73 Å². The summed E-state index contributed by atoms with van der Waals surface area (Å²) in [5.74, 6) is -0.277. The Hall–Kier alpha value is -1.84. The van der Waals surface area contributed by atoms with Crippen molar-refractivity contribution < 1.29 is 4.39 Å². The molecular weight excluding hydrogens is 193 g/mol. The molecule has 2 N–H and O–H groups in total. The van der Waals surface area contributed by atoms with E-state index in [1.807, 2.05) is 6.92 Å². The van der Waals surface area contributed by atoms with E-state index < -0.39 is 0 Å². The third-order valence-corrected chi connectivity index (χ3v) is 2.29. The molecule has 1 heterocycles. The number of nitrogens with two attached hydrogens (primary N) is 1. The summed E-state index contributed by atoms with van der Waals surface area (Å²) < 4.78 is 15.2. The van der Waals surface area contributed by atoms with Gasteiger partial charge in [0.15, 0.2) is 0 Å². The largest absolute Gasteiger partial charge is 0.399 e. The van der Waals surface area contributed by atoms with Gasteiger partial charge in [0.05, 0.1) is 5.69 Å². The summed E-state index contributed by atoms with van der Waals surface area (Å²) in [6, 6.07) is 4.54. The SMILES string of the molecule is Cc1nn(C)cc1-c1cc(N)ccc1F. The van der Waals surface area contributed by atoms with E-state index >= 15 is 0 Å². The molecule has 2 rings (SSSR count). The van der Waals surface area contributed by atoms with E-state index in [-0.39, 0.29) is 5.82 Å². The van der Waals surface area contributed by atoms with Crippen LogP contribution in [-0.4, -0.2) is 9.78 Å². The number of halogens is 1. The van der Waals surface area contributed by atoms with Gasteiger partial charge >= 0.3 is 0 Å². The molecular formula is C11H12FN3. The van der Waals surface area contributed by atoms with Crippen molar-refractivity contribution >= 4 is 5.69 Å². The molecule has 0 saturated carbocycles. The Balaban J connectivity index is 2.62. The van der Waals surface area contributed by atoms with E-state index in [2.05, 4.69) is 5.10 Å². The number of aryl methyl sites for hydroxylation is 2. The van der Waals surface area contributed by atoms with Gasteiger partial charge in [0.2, 0.25) is 0 Å². The summed E-state index contributed by atoms with van der Waals surface area (Å²) >= 11 is 0. The molecule has 0 aliphatic heterocycles. The van der Waals surface area contributed by atoms with Crippen molar-refractivity contribution in [3.05, 3.63) is 35.9 Å². The van der Waals surface area contributed by atoms with Crippen molar-refractivity contribution in [1.82, 2.24) is 9.78 Å². The lowest BCUT2D eigenvalue weighted by molar-refractivity contribution is 0.631. The lowest BCUT2D eigenvalue weighted by atomic mass is 10.1. The number of hydrogen-bond acceptors (Lipinski definition) is 2. The molecule has 0 spiro atoms. The third-order valence-electron chi connectivity index (χ3n) is 2.29. The van der Waals surface area contributed by atoms with E-state index in [1.54, 1.807) is 30.1 Å². The minimum Gasteiger partial charge on any atom is -0.399 e. The highest BCUT2D eigenvalue weighted by atomic mass is 19.1. The Bertz CT molecular complexity index is 503. The first-order chi connectivity index (χ1) is 7.08. The Labute approximate surface area is 87.3 Å². The van der Waals surface area contributed by atoms with Crippen LogP contribution in [0.25, 0.3) is 11.1 Å². The van der Waals surface area contributed by atoms with Crippen LogP contribution < -0.4 is 5.73 Å². The van der Waals surface area contributed by atoms with Crippen molar-refractivity contribution in [3.8, 4) is 11.1 Å². The van der Waals surface area contributed by atoms with E-state index in [0.29, 0.717) is 11.3 Å². The molecule has 0 fully saturated rings. The number of anilines is 1. The van der Waals surface area contributed by atoms with Gasteiger partial charge in [0, 0.05) is 30.1 Å². The van der Waals surface area contributed by atoms with Gasteiger partial charge in [0.25, 0.3) is 0 Å². The zero-order chi connectivity index (χ0) is 11.0. The first-order valence-corrected chi connectivity index (χ1v) is 4.63. The second-order valence-electron chi connectivity index (χ2n) is 3.54. The summed E-state index contributed by atoms with van der Waals surface area (Å²) in [6.07, 6.45) is 1.78. The van der Waals surface area contributed by atoms with E-state index in [1.165, 1.54) is 6.07 Å². The van der Waals surface area contributed by atoms with Gasteiger partial charge in [-0.3, -0.25) is 4.68 Å². The topological polar surface area (TPSA) is 43.8 Å². The van der Waals surface area contributed by atoms with Gasteiger partial charge < -0.3 is 5.73 Å². The van der Waals surface area contributed by atoms with E-state index in [9.17, 15) is 4.39 Å². The Morgan fingerprint density at radius 1 is 1.33 bits per heavy atom. The summed E-state index contributed by atoms with van der Waals surface area (Å²) in [5, 5.41) is 4.17. The minimum absolute atomic E-state index is 0.277. The number of aromatic nitrogens is 2. The Kier molecular flexibility index (Phi) is 2.19. The molecule has 0 bridgehead atoms. The predicted molar refractivity (Wildman–Crippen MR) is 57.8 cm³/mol. The van der Waals surface area contributed by atoms with Crippen LogP contribution in [0.2, 0.25) is 0 Å². The molecule has 3 nitrogen and oxygen atoms in total. The molecule has 0 amide bonds. The quantitative estimate of drug-likeness (QED) is 0.725. The predicted octanol–water partition coefficient (Wildman–Crippen LogP) is 2.12. The van der Waals surface area contributed by atoms with Crippen molar-refractivity contribution in [3.63, 3.8) is 0 Å². The van der Waals surface area contributed by atoms with Crippen LogP contribution in [0.4, 0.5) is 10.1 Å². The summed E-state index contributed by atoms with van der Waals surface area (Å²) in [4.78, 5) is 0. The minimum atomic E-state index is -0.277. The zero-order valence-corrected chi connectivity index (χ0v) is 8.66. The van der Waals surface area contributed by atoms with Crippen LogP contribution in [0.3, 0.4) is 0 Å². The molecule has 0 radical (unpaired) electrons. The van der Waals surface area contributed by atoms with Crippen LogP contribution in [0, 0.1) is 12.7 Å². The second-order valence-corrected chi connectivity index (χ2v) is 3.54. The molecule has 78 valence electrons. The fourth-order valence-electron chi connectivity index (χ4n) is 1.61. The maximum absolute atomic E-state index is 13.6. The first kappa shape index (κ1) is 9.71. The number of nitrogens with zero attached hydrogens (tertiary/aromatic N) is 2. The maximum atomic E-state index is 13.6. The highest BCUT2D eigenvalue weighted by molar-refractivity contribution is 5.69. The smallest absolute Gasteiger partial charge is 0.131 e. The van der Waals surface area contributed by atoms with Gasteiger partial charge in [-0.25, -0.2) is 4.39 Å². The van der Waals surface area contributed by atoms with Gasteiger partial charge in [-0.2, -0.15) is 5.10 Å². The Morgan fingerprint density at radius 2 is 2.07 bits per heavy atom. The van der Waals surface area contributed by atoms with Crippen molar-refractivity contribution in [2.75, 3.05) is 5.73 Å². The lowest BCUT2D eigenvalue weighted by Crippen LogP contribution is -1.89. The van der Waals surface area contributed by atoms with Crippen LogP contribution >= 0.6 is 0 Å². The average Bonchev–Trinajstić information content (AvgIpc) is 2.50. The highest BCUT2D eigenvalue weighted by Crippen LogP contribution is 2.26. The molecule has 4 heteroatoms. The normalized spacial score (nSPS) is 10.6. The summed E-state index contributed by atoms with van der Waals surface area (Å²) in [5.41, 5.74) is 8.25. The third kappa shape index (κ3) is 1.70. The molecule has 0 aliphatic rings. The number of rotatable bonds is 1. The average molecular weight is 205 g/mol. The molecule has 0 aliphatic carbocycles. The fraction of sp³-hybridized carbons (Fsp3) is 0.182. The monoisotopic (exact) mass is 205 g/mol. The number of nitrogen functional groups attached to an aromatic ring is 1. The van der Waals surface area contributed by atoms with Gasteiger partial charge in [-0.05, 0) is 25.1 Å². The second kappa shape index (κ2) is 3.38. The van der Waals surface area contributed by atoms with Crippen LogP contribution in [0.1, 0.15) is 5.69 Å². The van der Waals surface area contributed by atoms with E-state index in [0.717, 1.165) is 11.3 Å². The standard InChI is InChI=1S/C11H12FN3/c1-7-10(6-15(2)14-7)9-5-8(13)3-4-11(9)12/h3-6H,13H2,1-2H3. The van der Waals surface area contributed by atoms with Crippen molar-refractivity contribution in [2.45, 2.75) is 6.92 Å². The van der Waals surface area contributed by atoms with Crippen LogP contribution in [0.15, 0.2) is 24.4 Å². The summed E-state index contributed by atoms with van der Waals surface area (Å²) in [7, 11) is 1.81. The molecule has 0 saturated heterocycles. The molecule has 1 aromatic heterocycles. The molecule has 2 aromatic rings. The van der Waals surface area contributed by atoms with Gasteiger partial charge in [-0.15, -0.1) is 0 Å². The molecule has 1 aromatic carbocycles. The zero-order valence-electron chi connectivity index (χ0n) is 8.66. The molecule has 0 unspecified atom stereocenters.